The summed E-state index contributed by atoms with van der Waals surface area (Å²) in [5.74, 6) is -1.24. The van der Waals surface area contributed by atoms with Gasteiger partial charge in [0.15, 0.2) is 0 Å². The SMILES string of the molecule is Cc1ccc2cc(C(N)c3ccc(F)cc3F)ccc2n1. The van der Waals surface area contributed by atoms with E-state index >= 15 is 0 Å². The van der Waals surface area contributed by atoms with Gasteiger partial charge in [0.1, 0.15) is 11.6 Å². The summed E-state index contributed by atoms with van der Waals surface area (Å²) >= 11 is 0. The van der Waals surface area contributed by atoms with Crippen LogP contribution in [0.1, 0.15) is 22.9 Å². The van der Waals surface area contributed by atoms with Gasteiger partial charge in [0.2, 0.25) is 0 Å². The highest BCUT2D eigenvalue weighted by Crippen LogP contribution is 2.25. The highest BCUT2D eigenvalue weighted by atomic mass is 19.1. The van der Waals surface area contributed by atoms with Crippen molar-refractivity contribution in [2.24, 2.45) is 5.73 Å². The number of nitrogens with zero attached hydrogens (tertiary/aromatic N) is 1. The van der Waals surface area contributed by atoms with Crippen LogP contribution in [0.3, 0.4) is 0 Å². The van der Waals surface area contributed by atoms with Crippen molar-refractivity contribution in [1.82, 2.24) is 4.98 Å². The highest BCUT2D eigenvalue weighted by molar-refractivity contribution is 5.79. The van der Waals surface area contributed by atoms with Gasteiger partial charge in [-0.2, -0.15) is 0 Å². The van der Waals surface area contributed by atoms with Crippen molar-refractivity contribution in [1.29, 1.82) is 0 Å². The lowest BCUT2D eigenvalue weighted by atomic mass is 9.97. The maximum absolute atomic E-state index is 13.8. The molecular formula is C17H14F2N2. The maximum Gasteiger partial charge on any atom is 0.131 e. The Morgan fingerprint density at radius 1 is 1.00 bits per heavy atom. The van der Waals surface area contributed by atoms with E-state index in [1.807, 2.05) is 37.3 Å². The van der Waals surface area contributed by atoms with Crippen molar-refractivity contribution in [3.63, 3.8) is 0 Å². The fourth-order valence-electron chi connectivity index (χ4n) is 2.37. The monoisotopic (exact) mass is 284 g/mol. The van der Waals surface area contributed by atoms with Crippen LogP contribution in [0, 0.1) is 18.6 Å². The Bertz CT molecular complexity index is 815. The Hall–Kier alpha value is -2.33. The number of rotatable bonds is 2. The van der Waals surface area contributed by atoms with Crippen LogP contribution in [-0.2, 0) is 0 Å². The summed E-state index contributed by atoms with van der Waals surface area (Å²) in [4.78, 5) is 4.41. The number of halogens is 2. The molecule has 0 radical (unpaired) electrons. The molecule has 0 aliphatic heterocycles. The summed E-state index contributed by atoms with van der Waals surface area (Å²) in [6.45, 7) is 1.92. The normalized spacial score (nSPS) is 12.6. The number of fused-ring (bicyclic) bond motifs is 1. The summed E-state index contributed by atoms with van der Waals surface area (Å²) in [5, 5.41) is 0.941. The number of aromatic nitrogens is 1. The minimum Gasteiger partial charge on any atom is -0.320 e. The van der Waals surface area contributed by atoms with E-state index in [0.717, 1.165) is 28.2 Å². The lowest BCUT2D eigenvalue weighted by Crippen LogP contribution is -2.13. The average molecular weight is 284 g/mol. The quantitative estimate of drug-likeness (QED) is 0.776. The molecule has 0 aliphatic rings. The molecule has 1 unspecified atom stereocenters. The molecule has 0 bridgehead atoms. The zero-order valence-electron chi connectivity index (χ0n) is 11.5. The first-order valence-electron chi connectivity index (χ1n) is 6.62. The summed E-state index contributed by atoms with van der Waals surface area (Å²) < 4.78 is 26.8. The number of hydrogen-bond donors (Lipinski definition) is 1. The molecule has 4 heteroatoms. The lowest BCUT2D eigenvalue weighted by molar-refractivity contribution is 0.566. The van der Waals surface area contributed by atoms with Crippen LogP contribution in [0.25, 0.3) is 10.9 Å². The Balaban J connectivity index is 2.04. The van der Waals surface area contributed by atoms with Crippen molar-refractivity contribution in [3.8, 4) is 0 Å². The van der Waals surface area contributed by atoms with Gasteiger partial charge >= 0.3 is 0 Å². The van der Waals surface area contributed by atoms with Gasteiger partial charge in [-0.25, -0.2) is 8.78 Å². The van der Waals surface area contributed by atoms with Crippen molar-refractivity contribution in [3.05, 3.63) is 77.0 Å². The van der Waals surface area contributed by atoms with E-state index in [-0.39, 0.29) is 5.56 Å². The highest BCUT2D eigenvalue weighted by Gasteiger charge is 2.14. The van der Waals surface area contributed by atoms with Crippen LogP contribution in [0.15, 0.2) is 48.5 Å². The average Bonchev–Trinajstić information content (AvgIpc) is 2.46. The third-order valence-electron chi connectivity index (χ3n) is 3.51. The molecule has 21 heavy (non-hydrogen) atoms. The van der Waals surface area contributed by atoms with E-state index in [9.17, 15) is 8.78 Å². The number of pyridine rings is 1. The predicted molar refractivity (Wildman–Crippen MR) is 78.9 cm³/mol. The number of nitrogens with two attached hydrogens (primary N) is 1. The molecule has 2 nitrogen and oxygen atoms in total. The van der Waals surface area contributed by atoms with E-state index in [1.165, 1.54) is 12.1 Å². The van der Waals surface area contributed by atoms with Gasteiger partial charge in [-0.3, -0.25) is 4.98 Å². The number of benzene rings is 2. The number of hydrogen-bond acceptors (Lipinski definition) is 2. The van der Waals surface area contributed by atoms with E-state index in [1.54, 1.807) is 0 Å². The van der Waals surface area contributed by atoms with Gasteiger partial charge in [-0.15, -0.1) is 0 Å². The first kappa shape index (κ1) is 13.6. The molecule has 2 N–H and O–H groups in total. The second-order valence-corrected chi connectivity index (χ2v) is 5.05. The Morgan fingerprint density at radius 2 is 1.81 bits per heavy atom. The molecule has 0 fully saturated rings. The molecule has 1 aromatic heterocycles. The Morgan fingerprint density at radius 3 is 2.57 bits per heavy atom. The van der Waals surface area contributed by atoms with Gasteiger partial charge in [0, 0.05) is 22.7 Å². The van der Waals surface area contributed by atoms with Crippen molar-refractivity contribution in [2.45, 2.75) is 13.0 Å². The second-order valence-electron chi connectivity index (χ2n) is 5.05. The lowest BCUT2D eigenvalue weighted by Gasteiger charge is -2.14. The molecular weight excluding hydrogens is 270 g/mol. The maximum atomic E-state index is 13.8. The van der Waals surface area contributed by atoms with Crippen molar-refractivity contribution in [2.75, 3.05) is 0 Å². The van der Waals surface area contributed by atoms with Gasteiger partial charge in [-0.05, 0) is 36.8 Å². The molecule has 0 saturated carbocycles. The van der Waals surface area contributed by atoms with Crippen LogP contribution < -0.4 is 5.73 Å². The van der Waals surface area contributed by atoms with Crippen LogP contribution in [0.5, 0.6) is 0 Å². The Labute approximate surface area is 121 Å². The molecule has 3 rings (SSSR count). The largest absolute Gasteiger partial charge is 0.320 e. The smallest absolute Gasteiger partial charge is 0.131 e. The minimum atomic E-state index is -0.642. The second kappa shape index (κ2) is 5.22. The van der Waals surface area contributed by atoms with Crippen LogP contribution in [-0.4, -0.2) is 4.98 Å². The zero-order valence-corrected chi connectivity index (χ0v) is 11.5. The van der Waals surface area contributed by atoms with E-state index in [4.69, 9.17) is 5.73 Å². The molecule has 0 amide bonds. The summed E-state index contributed by atoms with van der Waals surface area (Å²) in [5.41, 5.74) is 8.94. The van der Waals surface area contributed by atoms with Gasteiger partial charge < -0.3 is 5.73 Å². The first-order valence-corrected chi connectivity index (χ1v) is 6.62. The molecule has 1 heterocycles. The van der Waals surface area contributed by atoms with Crippen LogP contribution in [0.2, 0.25) is 0 Å². The van der Waals surface area contributed by atoms with Gasteiger partial charge in [-0.1, -0.05) is 18.2 Å². The third-order valence-corrected chi connectivity index (χ3v) is 3.51. The van der Waals surface area contributed by atoms with Gasteiger partial charge in [0.25, 0.3) is 0 Å². The van der Waals surface area contributed by atoms with Crippen LogP contribution in [0.4, 0.5) is 8.78 Å². The Kier molecular flexibility index (Phi) is 3.39. The molecule has 0 spiro atoms. The third kappa shape index (κ3) is 2.62. The predicted octanol–water partition coefficient (Wildman–Crippen LogP) is 3.87. The fourth-order valence-corrected chi connectivity index (χ4v) is 2.37. The standard InChI is InChI=1S/C17H14F2N2/c1-10-2-3-11-8-12(4-7-16(11)21-10)17(20)14-6-5-13(18)9-15(14)19/h2-9,17H,20H2,1H3. The van der Waals surface area contributed by atoms with Crippen molar-refractivity contribution >= 4 is 10.9 Å². The topological polar surface area (TPSA) is 38.9 Å². The molecule has 3 aromatic rings. The van der Waals surface area contributed by atoms with E-state index < -0.39 is 17.7 Å². The first-order chi connectivity index (χ1) is 10.0. The van der Waals surface area contributed by atoms with Gasteiger partial charge in [0.05, 0.1) is 11.6 Å². The van der Waals surface area contributed by atoms with E-state index in [2.05, 4.69) is 4.98 Å². The summed E-state index contributed by atoms with van der Waals surface area (Å²) in [6.07, 6.45) is 0. The molecule has 2 aromatic carbocycles. The summed E-state index contributed by atoms with van der Waals surface area (Å²) in [7, 11) is 0. The van der Waals surface area contributed by atoms with Crippen molar-refractivity contribution < 1.29 is 8.78 Å². The zero-order chi connectivity index (χ0) is 15.0. The number of aryl methyl sites for hydroxylation is 1. The fraction of sp³-hybridized carbons (Fsp3) is 0.118. The summed E-state index contributed by atoms with van der Waals surface area (Å²) in [6, 6.07) is 12.2. The molecule has 0 aliphatic carbocycles. The van der Waals surface area contributed by atoms with E-state index in [0.29, 0.717) is 0 Å². The molecule has 0 saturated heterocycles. The van der Waals surface area contributed by atoms with Crippen LogP contribution >= 0.6 is 0 Å². The molecule has 106 valence electrons. The minimum absolute atomic E-state index is 0.274. The molecule has 1 atom stereocenters.